The van der Waals surface area contributed by atoms with Crippen molar-refractivity contribution in [3.8, 4) is 0 Å². The highest BCUT2D eigenvalue weighted by Gasteiger charge is 2.21. The standard InChI is InChI=1S/C10H22N2O4S2/c1-5-9(8-17-4)11-18(14,15)12(2)7-6-10(13)16-3/h9,11H,5-8H2,1-4H3. The lowest BCUT2D eigenvalue weighted by molar-refractivity contribution is -0.140. The van der Waals surface area contributed by atoms with E-state index in [1.54, 1.807) is 11.8 Å². The second-order valence-corrected chi connectivity index (χ2v) is 6.55. The summed E-state index contributed by atoms with van der Waals surface area (Å²) >= 11 is 1.59. The van der Waals surface area contributed by atoms with Gasteiger partial charge in [0, 0.05) is 25.4 Å². The maximum absolute atomic E-state index is 11.9. The monoisotopic (exact) mass is 298 g/mol. The molecule has 0 aliphatic rings. The van der Waals surface area contributed by atoms with E-state index in [4.69, 9.17) is 0 Å². The highest BCUT2D eigenvalue weighted by Crippen LogP contribution is 2.05. The maximum atomic E-state index is 11.9. The summed E-state index contributed by atoms with van der Waals surface area (Å²) in [7, 11) is -0.815. The van der Waals surface area contributed by atoms with Crippen molar-refractivity contribution in [3.63, 3.8) is 0 Å². The fraction of sp³-hybridized carbons (Fsp3) is 0.900. The van der Waals surface area contributed by atoms with Gasteiger partial charge in [0.05, 0.1) is 13.5 Å². The van der Waals surface area contributed by atoms with Gasteiger partial charge in [0.15, 0.2) is 0 Å². The van der Waals surface area contributed by atoms with E-state index in [1.807, 2.05) is 13.2 Å². The van der Waals surface area contributed by atoms with E-state index in [1.165, 1.54) is 14.2 Å². The predicted molar refractivity (Wildman–Crippen MR) is 73.8 cm³/mol. The molecule has 0 saturated heterocycles. The highest BCUT2D eigenvalue weighted by molar-refractivity contribution is 7.98. The molecule has 0 heterocycles. The van der Waals surface area contributed by atoms with Gasteiger partial charge >= 0.3 is 5.97 Å². The number of carbonyl (C=O) groups is 1. The number of nitrogens with one attached hydrogen (secondary N) is 1. The molecule has 0 saturated carbocycles. The van der Waals surface area contributed by atoms with E-state index in [0.717, 1.165) is 16.5 Å². The van der Waals surface area contributed by atoms with Crippen LogP contribution in [-0.4, -0.2) is 57.4 Å². The summed E-state index contributed by atoms with van der Waals surface area (Å²) in [4.78, 5) is 11.0. The van der Waals surface area contributed by atoms with Crippen LogP contribution in [0.4, 0.5) is 0 Å². The average Bonchev–Trinajstić information content (AvgIpc) is 2.34. The number of thioether (sulfide) groups is 1. The number of hydrogen-bond acceptors (Lipinski definition) is 5. The molecule has 108 valence electrons. The SMILES string of the molecule is CCC(CSC)NS(=O)(=O)N(C)CCC(=O)OC. The Labute approximate surface area is 114 Å². The van der Waals surface area contributed by atoms with Crippen molar-refractivity contribution < 1.29 is 17.9 Å². The Morgan fingerprint density at radius 2 is 2.11 bits per heavy atom. The first-order valence-electron chi connectivity index (χ1n) is 5.66. The Kier molecular flexibility index (Phi) is 8.58. The lowest BCUT2D eigenvalue weighted by Gasteiger charge is -2.21. The third-order valence-electron chi connectivity index (χ3n) is 2.45. The van der Waals surface area contributed by atoms with Gasteiger partial charge in [-0.3, -0.25) is 4.79 Å². The Morgan fingerprint density at radius 3 is 2.56 bits per heavy atom. The van der Waals surface area contributed by atoms with Gasteiger partial charge in [-0.25, -0.2) is 0 Å². The van der Waals surface area contributed by atoms with Crippen LogP contribution in [0.1, 0.15) is 19.8 Å². The van der Waals surface area contributed by atoms with Crippen molar-refractivity contribution >= 4 is 27.9 Å². The first-order chi connectivity index (χ1) is 8.37. The number of esters is 1. The van der Waals surface area contributed by atoms with Gasteiger partial charge in [-0.2, -0.15) is 29.2 Å². The summed E-state index contributed by atoms with van der Waals surface area (Å²) in [6, 6.07) is -0.0921. The van der Waals surface area contributed by atoms with Crippen LogP contribution >= 0.6 is 11.8 Å². The summed E-state index contributed by atoms with van der Waals surface area (Å²) in [5, 5.41) is 0. The Hall–Kier alpha value is -0.310. The zero-order valence-electron chi connectivity index (χ0n) is 11.3. The first-order valence-corrected chi connectivity index (χ1v) is 8.50. The second kappa shape index (κ2) is 8.73. The van der Waals surface area contributed by atoms with Crippen molar-refractivity contribution in [2.75, 3.05) is 32.7 Å². The van der Waals surface area contributed by atoms with Crippen molar-refractivity contribution in [3.05, 3.63) is 0 Å². The predicted octanol–water partition coefficient (Wildman–Crippen LogP) is 0.457. The molecular weight excluding hydrogens is 276 g/mol. The lowest BCUT2D eigenvalue weighted by Crippen LogP contribution is -2.45. The Morgan fingerprint density at radius 1 is 1.50 bits per heavy atom. The molecule has 6 nitrogen and oxygen atoms in total. The van der Waals surface area contributed by atoms with E-state index < -0.39 is 16.2 Å². The Balaban J connectivity index is 4.38. The maximum Gasteiger partial charge on any atom is 0.306 e. The molecule has 0 aromatic carbocycles. The molecule has 0 amide bonds. The summed E-state index contributed by atoms with van der Waals surface area (Å²) in [6.45, 7) is 2.04. The molecule has 0 aromatic rings. The van der Waals surface area contributed by atoms with Crippen LogP contribution in [0.3, 0.4) is 0 Å². The fourth-order valence-corrected chi connectivity index (χ4v) is 3.22. The minimum Gasteiger partial charge on any atom is -0.469 e. The van der Waals surface area contributed by atoms with Crippen LogP contribution in [0.2, 0.25) is 0 Å². The van der Waals surface area contributed by atoms with Gasteiger partial charge in [-0.1, -0.05) is 6.92 Å². The van der Waals surface area contributed by atoms with Crippen LogP contribution in [-0.2, 0) is 19.7 Å². The largest absolute Gasteiger partial charge is 0.469 e. The number of nitrogens with zero attached hydrogens (tertiary/aromatic N) is 1. The molecule has 1 atom stereocenters. The summed E-state index contributed by atoms with van der Waals surface area (Å²) < 4.78 is 32.1. The third kappa shape index (κ3) is 6.58. The molecule has 18 heavy (non-hydrogen) atoms. The van der Waals surface area contributed by atoms with E-state index in [0.29, 0.717) is 0 Å². The quantitative estimate of drug-likeness (QED) is 0.626. The summed E-state index contributed by atoms with van der Waals surface area (Å²) in [6.07, 6.45) is 2.70. The molecule has 8 heteroatoms. The van der Waals surface area contributed by atoms with Crippen LogP contribution < -0.4 is 4.72 Å². The average molecular weight is 298 g/mol. The highest BCUT2D eigenvalue weighted by atomic mass is 32.2. The van der Waals surface area contributed by atoms with Gasteiger partial charge in [-0.05, 0) is 12.7 Å². The van der Waals surface area contributed by atoms with Crippen molar-refractivity contribution in [2.45, 2.75) is 25.8 Å². The number of hydrogen-bond donors (Lipinski definition) is 1. The molecule has 0 rings (SSSR count). The molecule has 0 aliphatic carbocycles. The first kappa shape index (κ1) is 17.7. The molecule has 1 unspecified atom stereocenters. The van der Waals surface area contributed by atoms with Crippen molar-refractivity contribution in [1.29, 1.82) is 0 Å². The van der Waals surface area contributed by atoms with E-state index in [-0.39, 0.29) is 19.0 Å². The van der Waals surface area contributed by atoms with Gasteiger partial charge < -0.3 is 4.74 Å². The van der Waals surface area contributed by atoms with Crippen LogP contribution in [0, 0.1) is 0 Å². The molecule has 1 N–H and O–H groups in total. The molecular formula is C10H22N2O4S2. The van der Waals surface area contributed by atoms with E-state index in [9.17, 15) is 13.2 Å². The zero-order valence-corrected chi connectivity index (χ0v) is 12.9. The number of carbonyl (C=O) groups excluding carboxylic acids is 1. The second-order valence-electron chi connectivity index (χ2n) is 3.83. The molecule has 0 fully saturated rings. The van der Waals surface area contributed by atoms with Gasteiger partial charge in [-0.15, -0.1) is 0 Å². The lowest BCUT2D eigenvalue weighted by atomic mass is 10.3. The molecule has 0 aromatic heterocycles. The number of rotatable bonds is 9. The van der Waals surface area contributed by atoms with Gasteiger partial charge in [0.2, 0.25) is 0 Å². The summed E-state index contributed by atoms with van der Waals surface area (Å²) in [5.74, 6) is 0.300. The van der Waals surface area contributed by atoms with Crippen molar-refractivity contribution in [2.24, 2.45) is 0 Å². The van der Waals surface area contributed by atoms with E-state index in [2.05, 4.69) is 9.46 Å². The zero-order chi connectivity index (χ0) is 14.2. The minimum atomic E-state index is -3.54. The topological polar surface area (TPSA) is 75.7 Å². The molecule has 0 spiro atoms. The van der Waals surface area contributed by atoms with Crippen molar-refractivity contribution in [1.82, 2.24) is 9.03 Å². The number of ether oxygens (including phenoxy) is 1. The molecule has 0 aliphatic heterocycles. The molecule has 0 bridgehead atoms. The van der Waals surface area contributed by atoms with Crippen LogP contribution in [0.25, 0.3) is 0 Å². The van der Waals surface area contributed by atoms with Crippen LogP contribution in [0.15, 0.2) is 0 Å². The minimum absolute atomic E-state index is 0.0488. The van der Waals surface area contributed by atoms with Gasteiger partial charge in [0.25, 0.3) is 10.2 Å². The van der Waals surface area contributed by atoms with Crippen LogP contribution in [0.5, 0.6) is 0 Å². The third-order valence-corrected chi connectivity index (χ3v) is 4.82. The fourth-order valence-electron chi connectivity index (χ4n) is 1.21. The summed E-state index contributed by atoms with van der Waals surface area (Å²) in [5.41, 5.74) is 0. The molecule has 0 radical (unpaired) electrons. The smallest absolute Gasteiger partial charge is 0.306 e. The number of methoxy groups -OCH3 is 1. The Bertz CT molecular complexity index is 346. The van der Waals surface area contributed by atoms with Gasteiger partial charge in [0.1, 0.15) is 0 Å². The normalized spacial score (nSPS) is 13.6. The van der Waals surface area contributed by atoms with E-state index >= 15 is 0 Å².